The van der Waals surface area contributed by atoms with Gasteiger partial charge in [0.1, 0.15) is 10.6 Å². The normalized spacial score (nSPS) is 10.4. The van der Waals surface area contributed by atoms with Gasteiger partial charge in [0.15, 0.2) is 5.82 Å². The van der Waals surface area contributed by atoms with Gasteiger partial charge in [0.25, 0.3) is 5.91 Å². The maximum absolute atomic E-state index is 11.1. The number of rotatable bonds is 8. The Morgan fingerprint density at radius 3 is 2.88 bits per heavy atom. The Labute approximate surface area is 103 Å². The molecule has 0 aliphatic rings. The van der Waals surface area contributed by atoms with Gasteiger partial charge in [0, 0.05) is 13.7 Å². The molecule has 0 saturated heterocycles. The lowest BCUT2D eigenvalue weighted by Crippen LogP contribution is -2.16. The lowest BCUT2D eigenvalue weighted by molar-refractivity contribution is 0.0759. The fourth-order valence-electron chi connectivity index (χ4n) is 1.14. The van der Waals surface area contributed by atoms with Gasteiger partial charge >= 0.3 is 0 Å². The topological polar surface area (TPSA) is 112 Å². The number of carbonyl (C=O) groups is 1. The molecule has 7 nitrogen and oxygen atoms in total. The summed E-state index contributed by atoms with van der Waals surface area (Å²) in [7, 11) is 1.61. The minimum Gasteiger partial charge on any atom is -0.382 e. The molecule has 0 atom stereocenters. The van der Waals surface area contributed by atoms with Crippen molar-refractivity contribution in [2.24, 2.45) is 5.73 Å². The molecule has 0 fully saturated rings. The van der Waals surface area contributed by atoms with Crippen molar-refractivity contribution in [1.82, 2.24) is 4.37 Å². The Bertz CT molecular complexity index is 369. The molecule has 0 aromatic carbocycles. The molecule has 5 N–H and O–H groups in total. The fraction of sp³-hybridized carbons (Fsp3) is 0.556. The molecule has 1 aromatic heterocycles. The van der Waals surface area contributed by atoms with Crippen LogP contribution in [-0.2, 0) is 9.47 Å². The van der Waals surface area contributed by atoms with Crippen molar-refractivity contribution in [1.29, 1.82) is 0 Å². The smallest absolute Gasteiger partial charge is 0.255 e. The second kappa shape index (κ2) is 7.05. The number of nitrogens with two attached hydrogens (primary N) is 2. The Morgan fingerprint density at radius 1 is 1.47 bits per heavy atom. The van der Waals surface area contributed by atoms with Gasteiger partial charge in [-0.05, 0) is 11.5 Å². The Kier molecular flexibility index (Phi) is 5.67. The first-order chi connectivity index (χ1) is 8.16. The number of nitrogen functional groups attached to an aromatic ring is 1. The first-order valence-electron chi connectivity index (χ1n) is 5.02. The molecule has 0 radical (unpaired) electrons. The highest BCUT2D eigenvalue weighted by Gasteiger charge is 2.15. The van der Waals surface area contributed by atoms with E-state index in [0.717, 1.165) is 11.5 Å². The summed E-state index contributed by atoms with van der Waals surface area (Å²) in [5.41, 5.74) is 11.0. The van der Waals surface area contributed by atoms with Crippen LogP contribution in [0.15, 0.2) is 0 Å². The highest BCUT2D eigenvalue weighted by atomic mass is 32.1. The lowest BCUT2D eigenvalue weighted by atomic mass is 10.3. The van der Waals surface area contributed by atoms with Gasteiger partial charge in [0.05, 0.1) is 19.8 Å². The largest absolute Gasteiger partial charge is 0.382 e. The summed E-state index contributed by atoms with van der Waals surface area (Å²) in [6.07, 6.45) is 0. The van der Waals surface area contributed by atoms with Crippen LogP contribution in [0.2, 0.25) is 0 Å². The first-order valence-corrected chi connectivity index (χ1v) is 5.79. The van der Waals surface area contributed by atoms with Gasteiger partial charge < -0.3 is 26.3 Å². The van der Waals surface area contributed by atoms with Gasteiger partial charge in [-0.2, -0.15) is 4.37 Å². The zero-order valence-electron chi connectivity index (χ0n) is 9.56. The highest BCUT2D eigenvalue weighted by Crippen LogP contribution is 2.25. The first kappa shape index (κ1) is 13.7. The van der Waals surface area contributed by atoms with E-state index in [9.17, 15) is 4.79 Å². The minimum absolute atomic E-state index is 0.158. The summed E-state index contributed by atoms with van der Waals surface area (Å²) in [6.45, 7) is 2.14. The summed E-state index contributed by atoms with van der Waals surface area (Å²) in [5.74, 6) is -0.427. The van der Waals surface area contributed by atoms with Crippen molar-refractivity contribution >= 4 is 28.3 Å². The SMILES string of the molecule is COCCOCCNc1snc(N)c1C(N)=O. The third-order valence-corrected chi connectivity index (χ3v) is 2.75. The van der Waals surface area contributed by atoms with E-state index in [-0.39, 0.29) is 11.4 Å². The number of carbonyl (C=O) groups excluding carboxylic acids is 1. The van der Waals surface area contributed by atoms with Crippen LogP contribution in [0.1, 0.15) is 10.4 Å². The molecule has 1 heterocycles. The molecule has 0 aliphatic carbocycles. The third kappa shape index (κ3) is 4.17. The number of hydrogen-bond acceptors (Lipinski definition) is 7. The zero-order valence-corrected chi connectivity index (χ0v) is 10.4. The zero-order chi connectivity index (χ0) is 12.7. The molecule has 1 rings (SSSR count). The summed E-state index contributed by atoms with van der Waals surface area (Å²) in [6, 6.07) is 0. The van der Waals surface area contributed by atoms with Gasteiger partial charge in [-0.15, -0.1) is 0 Å². The predicted octanol–water partition coefficient (Wildman–Crippen LogP) is -0.101. The van der Waals surface area contributed by atoms with Crippen LogP contribution in [-0.4, -0.2) is 43.8 Å². The van der Waals surface area contributed by atoms with E-state index in [1.165, 1.54) is 0 Å². The Morgan fingerprint density at radius 2 is 2.24 bits per heavy atom. The Balaban J connectivity index is 2.34. The molecule has 0 spiro atoms. The number of methoxy groups -OCH3 is 1. The standard InChI is InChI=1S/C9H16N4O3S/c1-15-4-5-16-3-2-12-9-6(8(11)14)7(10)13-17-9/h12H,2-5H2,1H3,(H2,10,13)(H2,11,14). The van der Waals surface area contributed by atoms with Crippen LogP contribution in [0.5, 0.6) is 0 Å². The van der Waals surface area contributed by atoms with Crippen molar-refractivity contribution in [3.8, 4) is 0 Å². The molecule has 8 heteroatoms. The van der Waals surface area contributed by atoms with Crippen LogP contribution in [0.25, 0.3) is 0 Å². The maximum atomic E-state index is 11.1. The van der Waals surface area contributed by atoms with Gasteiger partial charge in [-0.25, -0.2) is 0 Å². The molecular weight excluding hydrogens is 244 g/mol. The number of hydrogen-bond donors (Lipinski definition) is 3. The number of amides is 1. The van der Waals surface area contributed by atoms with Crippen molar-refractivity contribution in [3.63, 3.8) is 0 Å². The van der Waals surface area contributed by atoms with Crippen LogP contribution in [0.4, 0.5) is 10.8 Å². The van der Waals surface area contributed by atoms with E-state index in [2.05, 4.69) is 9.69 Å². The molecule has 1 amide bonds. The Hall–Kier alpha value is -1.38. The van der Waals surface area contributed by atoms with E-state index in [1.807, 2.05) is 0 Å². The lowest BCUT2D eigenvalue weighted by Gasteiger charge is -2.06. The molecule has 0 bridgehead atoms. The molecule has 0 saturated carbocycles. The molecule has 1 aromatic rings. The number of primary amides is 1. The maximum Gasteiger partial charge on any atom is 0.255 e. The summed E-state index contributed by atoms with van der Waals surface area (Å²) in [5, 5.41) is 3.58. The number of aromatic nitrogens is 1. The van der Waals surface area contributed by atoms with E-state index in [4.69, 9.17) is 20.9 Å². The van der Waals surface area contributed by atoms with E-state index in [0.29, 0.717) is 31.4 Å². The van der Waals surface area contributed by atoms with Crippen molar-refractivity contribution in [2.75, 3.05) is 44.5 Å². The van der Waals surface area contributed by atoms with Crippen molar-refractivity contribution in [2.45, 2.75) is 0 Å². The molecule has 96 valence electrons. The van der Waals surface area contributed by atoms with Crippen LogP contribution >= 0.6 is 11.5 Å². The van der Waals surface area contributed by atoms with Crippen LogP contribution < -0.4 is 16.8 Å². The fourth-order valence-corrected chi connectivity index (χ4v) is 1.89. The summed E-state index contributed by atoms with van der Waals surface area (Å²) in [4.78, 5) is 11.1. The van der Waals surface area contributed by atoms with Crippen molar-refractivity contribution < 1.29 is 14.3 Å². The van der Waals surface area contributed by atoms with Crippen LogP contribution in [0, 0.1) is 0 Å². The minimum atomic E-state index is -0.584. The van der Waals surface area contributed by atoms with Gasteiger partial charge in [0.2, 0.25) is 0 Å². The number of nitrogens with zero attached hydrogens (tertiary/aromatic N) is 1. The van der Waals surface area contributed by atoms with Gasteiger partial charge in [-0.1, -0.05) is 0 Å². The van der Waals surface area contributed by atoms with E-state index in [1.54, 1.807) is 7.11 Å². The van der Waals surface area contributed by atoms with Crippen molar-refractivity contribution in [3.05, 3.63) is 5.56 Å². The quantitative estimate of drug-likeness (QED) is 0.563. The summed E-state index contributed by atoms with van der Waals surface area (Å²) < 4.78 is 13.9. The van der Waals surface area contributed by atoms with Crippen LogP contribution in [0.3, 0.4) is 0 Å². The average molecular weight is 260 g/mol. The van der Waals surface area contributed by atoms with E-state index >= 15 is 0 Å². The number of ether oxygens (including phenoxy) is 2. The second-order valence-electron chi connectivity index (χ2n) is 3.17. The highest BCUT2D eigenvalue weighted by molar-refractivity contribution is 7.11. The van der Waals surface area contributed by atoms with Gasteiger partial charge in [-0.3, -0.25) is 4.79 Å². The molecule has 0 aliphatic heterocycles. The summed E-state index contributed by atoms with van der Waals surface area (Å²) >= 11 is 1.11. The third-order valence-electron chi connectivity index (χ3n) is 1.93. The molecule has 0 unspecified atom stereocenters. The molecule has 17 heavy (non-hydrogen) atoms. The van der Waals surface area contributed by atoms with E-state index < -0.39 is 5.91 Å². The monoisotopic (exact) mass is 260 g/mol. The number of nitrogens with one attached hydrogen (secondary N) is 1. The molecular formula is C9H16N4O3S. The number of anilines is 2. The second-order valence-corrected chi connectivity index (χ2v) is 3.94. The predicted molar refractivity (Wildman–Crippen MR) is 66.2 cm³/mol. The average Bonchev–Trinajstić information content (AvgIpc) is 2.65.